The highest BCUT2D eigenvalue weighted by atomic mass is 35.5. The summed E-state index contributed by atoms with van der Waals surface area (Å²) in [4.78, 5) is 9.56. The van der Waals surface area contributed by atoms with Crippen molar-refractivity contribution in [2.45, 2.75) is 12.6 Å². The number of nitrogens with zero attached hydrogens (tertiary/aromatic N) is 4. The zero-order valence-electron chi connectivity index (χ0n) is 12.6. The lowest BCUT2D eigenvalue weighted by Gasteiger charge is -2.30. The van der Waals surface area contributed by atoms with E-state index in [1.165, 1.54) is 0 Å². The van der Waals surface area contributed by atoms with Crippen molar-refractivity contribution in [2.75, 3.05) is 46.4 Å². The number of hydrogen-bond acceptors (Lipinski definition) is 6. The van der Waals surface area contributed by atoms with Crippen molar-refractivity contribution < 1.29 is 9.84 Å². The maximum Gasteiger partial charge on any atom is 0.195 e. The zero-order chi connectivity index (χ0) is 15.5. The average molecular weight is 345 g/mol. The number of thiazole rings is 1. The third-order valence-corrected chi connectivity index (χ3v) is 4.89. The van der Waals surface area contributed by atoms with Crippen molar-refractivity contribution in [3.63, 3.8) is 0 Å². The quantitative estimate of drug-likeness (QED) is 0.852. The molecular formula is C14H21ClN4O2S. The molecule has 1 unspecified atom stereocenters. The molecule has 3 rings (SSSR count). The highest BCUT2D eigenvalue weighted by Gasteiger charge is 2.18. The number of ether oxygens (including phenoxy) is 1. The van der Waals surface area contributed by atoms with Gasteiger partial charge < -0.3 is 9.84 Å². The molecule has 0 bridgehead atoms. The fourth-order valence-electron chi connectivity index (χ4n) is 2.77. The van der Waals surface area contributed by atoms with E-state index in [4.69, 9.17) is 16.3 Å². The van der Waals surface area contributed by atoms with Gasteiger partial charge in [0.2, 0.25) is 0 Å². The van der Waals surface area contributed by atoms with Gasteiger partial charge in [0.25, 0.3) is 0 Å². The highest BCUT2D eigenvalue weighted by Crippen LogP contribution is 2.22. The van der Waals surface area contributed by atoms with Crippen molar-refractivity contribution in [3.05, 3.63) is 22.4 Å². The van der Waals surface area contributed by atoms with Crippen LogP contribution in [0.1, 0.15) is 5.69 Å². The molecule has 0 radical (unpaired) electrons. The average Bonchev–Trinajstić information content (AvgIpc) is 3.03. The van der Waals surface area contributed by atoms with E-state index in [9.17, 15) is 5.11 Å². The summed E-state index contributed by atoms with van der Waals surface area (Å²) in [6, 6.07) is 0. The topological polar surface area (TPSA) is 53.2 Å². The first kappa shape index (κ1) is 16.2. The normalized spacial score (nSPS) is 18.4. The summed E-state index contributed by atoms with van der Waals surface area (Å²) in [7, 11) is 1.99. The van der Waals surface area contributed by atoms with Crippen LogP contribution in [0.4, 0.5) is 0 Å². The Kier molecular flexibility index (Phi) is 5.33. The van der Waals surface area contributed by atoms with Gasteiger partial charge in [-0.2, -0.15) is 0 Å². The molecule has 0 aliphatic carbocycles. The van der Waals surface area contributed by atoms with Crippen LogP contribution in [0.5, 0.6) is 0 Å². The second-order valence-electron chi connectivity index (χ2n) is 5.67. The number of aliphatic hydroxyl groups is 1. The van der Waals surface area contributed by atoms with E-state index in [-0.39, 0.29) is 6.10 Å². The van der Waals surface area contributed by atoms with Crippen LogP contribution in [-0.2, 0) is 11.3 Å². The second kappa shape index (κ2) is 7.25. The summed E-state index contributed by atoms with van der Waals surface area (Å²) >= 11 is 7.78. The first-order valence-electron chi connectivity index (χ1n) is 7.40. The molecule has 1 aliphatic rings. The van der Waals surface area contributed by atoms with Crippen LogP contribution >= 0.6 is 22.9 Å². The Morgan fingerprint density at radius 3 is 3.05 bits per heavy atom. The molecule has 122 valence electrons. The van der Waals surface area contributed by atoms with Crippen molar-refractivity contribution in [2.24, 2.45) is 0 Å². The summed E-state index contributed by atoms with van der Waals surface area (Å²) in [5.74, 6) is 0. The van der Waals surface area contributed by atoms with Crippen LogP contribution in [0, 0.1) is 0 Å². The maximum absolute atomic E-state index is 10.3. The lowest BCUT2D eigenvalue weighted by Crippen LogP contribution is -2.44. The largest absolute Gasteiger partial charge is 0.390 e. The zero-order valence-corrected chi connectivity index (χ0v) is 14.2. The fraction of sp³-hybridized carbons (Fsp3) is 0.643. The summed E-state index contributed by atoms with van der Waals surface area (Å²) in [5.41, 5.74) is 0.971. The molecule has 3 heterocycles. The summed E-state index contributed by atoms with van der Waals surface area (Å²) < 4.78 is 7.33. The number of hydrogen-bond donors (Lipinski definition) is 1. The van der Waals surface area contributed by atoms with Gasteiger partial charge in [0, 0.05) is 44.3 Å². The summed E-state index contributed by atoms with van der Waals surface area (Å²) in [6.07, 6.45) is 1.60. The number of aliphatic hydroxyl groups excluding tert-OH is 1. The SMILES string of the molecule is CN(Cc1c(Cl)nc2sccn12)CC(O)CN1CCOCC1. The molecule has 0 aromatic carbocycles. The third-order valence-electron chi connectivity index (χ3n) is 3.83. The number of rotatable bonds is 6. The van der Waals surface area contributed by atoms with Crippen molar-refractivity contribution in [1.29, 1.82) is 0 Å². The van der Waals surface area contributed by atoms with Gasteiger partial charge in [0.05, 0.1) is 25.0 Å². The first-order valence-corrected chi connectivity index (χ1v) is 8.66. The summed E-state index contributed by atoms with van der Waals surface area (Å²) in [5, 5.41) is 12.8. The smallest absolute Gasteiger partial charge is 0.195 e. The fourth-order valence-corrected chi connectivity index (χ4v) is 3.78. The van der Waals surface area contributed by atoms with Crippen molar-refractivity contribution >= 4 is 27.9 Å². The molecule has 6 nitrogen and oxygen atoms in total. The van der Waals surface area contributed by atoms with Gasteiger partial charge >= 0.3 is 0 Å². The number of β-amino-alcohol motifs (C(OH)–C–C–N with tert-alkyl or cyclic N) is 1. The highest BCUT2D eigenvalue weighted by molar-refractivity contribution is 7.15. The van der Waals surface area contributed by atoms with Gasteiger partial charge in [-0.05, 0) is 7.05 Å². The maximum atomic E-state index is 10.3. The standard InChI is InChI=1S/C14H21ClN4O2S/c1-17(8-11(20)9-18-2-5-21-6-3-18)10-12-13(15)16-14-19(12)4-7-22-14/h4,7,11,20H,2-3,5-6,8-10H2,1H3. The van der Waals surface area contributed by atoms with Crippen LogP contribution < -0.4 is 0 Å². The number of aromatic nitrogens is 2. The Hall–Kier alpha value is -0.700. The molecule has 0 saturated carbocycles. The van der Waals surface area contributed by atoms with E-state index in [1.807, 2.05) is 23.0 Å². The molecule has 2 aromatic heterocycles. The minimum Gasteiger partial charge on any atom is -0.390 e. The van der Waals surface area contributed by atoms with E-state index >= 15 is 0 Å². The molecule has 8 heteroatoms. The molecule has 0 spiro atoms. The third kappa shape index (κ3) is 3.79. The summed E-state index contributed by atoms with van der Waals surface area (Å²) in [6.45, 7) is 5.24. The Morgan fingerprint density at radius 1 is 1.50 bits per heavy atom. The Balaban J connectivity index is 1.54. The number of fused-ring (bicyclic) bond motifs is 1. The van der Waals surface area contributed by atoms with Crippen LogP contribution in [0.3, 0.4) is 0 Å². The minimum atomic E-state index is -0.382. The Labute approximate surface area is 138 Å². The van der Waals surface area contributed by atoms with Gasteiger partial charge in [-0.1, -0.05) is 11.6 Å². The van der Waals surface area contributed by atoms with Crippen molar-refractivity contribution in [1.82, 2.24) is 19.2 Å². The van der Waals surface area contributed by atoms with Gasteiger partial charge in [-0.15, -0.1) is 11.3 Å². The molecule has 2 aromatic rings. The Bertz CT molecular complexity index is 611. The van der Waals surface area contributed by atoms with E-state index in [0.717, 1.165) is 37.0 Å². The lowest BCUT2D eigenvalue weighted by molar-refractivity contribution is 0.00818. The van der Waals surface area contributed by atoms with E-state index in [0.29, 0.717) is 24.8 Å². The van der Waals surface area contributed by atoms with E-state index in [1.54, 1.807) is 11.3 Å². The molecule has 0 amide bonds. The van der Waals surface area contributed by atoms with Gasteiger partial charge in [-0.3, -0.25) is 14.2 Å². The predicted molar refractivity (Wildman–Crippen MR) is 87.7 cm³/mol. The van der Waals surface area contributed by atoms with Gasteiger partial charge in [0.1, 0.15) is 0 Å². The van der Waals surface area contributed by atoms with E-state index < -0.39 is 0 Å². The number of morpholine rings is 1. The molecular weight excluding hydrogens is 324 g/mol. The number of imidazole rings is 1. The van der Waals surface area contributed by atoms with Crippen molar-refractivity contribution in [3.8, 4) is 0 Å². The van der Waals surface area contributed by atoms with Crippen LogP contribution in [0.25, 0.3) is 4.96 Å². The molecule has 1 fully saturated rings. The van der Waals surface area contributed by atoms with Crippen LogP contribution in [-0.4, -0.2) is 76.8 Å². The number of halogens is 1. The molecule has 1 saturated heterocycles. The molecule has 1 atom stereocenters. The van der Waals surface area contributed by atoms with Crippen LogP contribution in [0.2, 0.25) is 5.15 Å². The van der Waals surface area contributed by atoms with Crippen LogP contribution in [0.15, 0.2) is 11.6 Å². The van der Waals surface area contributed by atoms with Gasteiger partial charge in [-0.25, -0.2) is 4.98 Å². The molecule has 1 N–H and O–H groups in total. The first-order chi connectivity index (χ1) is 10.6. The lowest BCUT2D eigenvalue weighted by atomic mass is 10.2. The monoisotopic (exact) mass is 344 g/mol. The predicted octanol–water partition coefficient (Wildman–Crippen LogP) is 1.17. The van der Waals surface area contributed by atoms with E-state index in [2.05, 4.69) is 14.8 Å². The second-order valence-corrected chi connectivity index (χ2v) is 6.90. The minimum absolute atomic E-state index is 0.382. The Morgan fingerprint density at radius 2 is 2.27 bits per heavy atom. The molecule has 1 aliphatic heterocycles. The number of likely N-dealkylation sites (N-methyl/N-ethyl adjacent to an activating group) is 1. The molecule has 22 heavy (non-hydrogen) atoms. The van der Waals surface area contributed by atoms with Gasteiger partial charge in [0.15, 0.2) is 10.1 Å².